The second kappa shape index (κ2) is 7.17. The molecule has 26 heavy (non-hydrogen) atoms. The zero-order valence-corrected chi connectivity index (χ0v) is 15.0. The standard InChI is InChI=1S/C18H21N5O3/c1-18(17(25)22(2)3)11-23(6-7-26-18)16(24)13-4-5-15(21-10-13)14-8-19-12-20-9-14/h4-5,8-10,12H,6-7,11H2,1-3H3. The van der Waals surface area contributed by atoms with E-state index >= 15 is 0 Å². The molecule has 0 aromatic carbocycles. The number of pyridine rings is 1. The van der Waals surface area contributed by atoms with E-state index in [1.807, 2.05) is 0 Å². The van der Waals surface area contributed by atoms with Gasteiger partial charge >= 0.3 is 0 Å². The third-order valence-electron chi connectivity index (χ3n) is 4.29. The van der Waals surface area contributed by atoms with Crippen LogP contribution < -0.4 is 0 Å². The highest BCUT2D eigenvalue weighted by molar-refractivity contribution is 5.95. The van der Waals surface area contributed by atoms with Gasteiger partial charge in [0.1, 0.15) is 6.33 Å². The Morgan fingerprint density at radius 1 is 1.19 bits per heavy atom. The fourth-order valence-corrected chi connectivity index (χ4v) is 2.95. The minimum absolute atomic E-state index is 0.160. The number of nitrogens with zero attached hydrogens (tertiary/aromatic N) is 5. The van der Waals surface area contributed by atoms with Crippen LogP contribution in [0.3, 0.4) is 0 Å². The quantitative estimate of drug-likeness (QED) is 0.811. The summed E-state index contributed by atoms with van der Waals surface area (Å²) in [5, 5.41) is 0. The highest BCUT2D eigenvalue weighted by Gasteiger charge is 2.41. The first-order valence-corrected chi connectivity index (χ1v) is 8.27. The van der Waals surface area contributed by atoms with E-state index in [1.54, 1.807) is 50.4 Å². The fraction of sp³-hybridized carbons (Fsp3) is 0.389. The van der Waals surface area contributed by atoms with Crippen LogP contribution in [0, 0.1) is 0 Å². The van der Waals surface area contributed by atoms with Crippen molar-refractivity contribution in [2.24, 2.45) is 0 Å². The van der Waals surface area contributed by atoms with E-state index in [4.69, 9.17) is 4.74 Å². The summed E-state index contributed by atoms with van der Waals surface area (Å²) < 4.78 is 5.67. The van der Waals surface area contributed by atoms with Crippen molar-refractivity contribution in [2.75, 3.05) is 33.8 Å². The van der Waals surface area contributed by atoms with Crippen molar-refractivity contribution in [3.05, 3.63) is 42.6 Å². The Bertz CT molecular complexity index is 794. The largest absolute Gasteiger partial charge is 0.362 e. The van der Waals surface area contributed by atoms with Gasteiger partial charge in [-0.3, -0.25) is 14.6 Å². The Labute approximate surface area is 151 Å². The molecule has 2 aromatic heterocycles. The minimum atomic E-state index is -1.04. The molecular weight excluding hydrogens is 334 g/mol. The van der Waals surface area contributed by atoms with Crippen LogP contribution in [0.2, 0.25) is 0 Å². The van der Waals surface area contributed by atoms with Gasteiger partial charge in [-0.1, -0.05) is 0 Å². The highest BCUT2D eigenvalue weighted by atomic mass is 16.5. The second-order valence-electron chi connectivity index (χ2n) is 6.56. The molecule has 3 heterocycles. The number of amides is 2. The average molecular weight is 355 g/mol. The summed E-state index contributed by atoms with van der Waals surface area (Å²) in [5.41, 5.74) is 0.900. The van der Waals surface area contributed by atoms with Gasteiger partial charge in [0, 0.05) is 44.8 Å². The maximum absolute atomic E-state index is 12.8. The fourth-order valence-electron chi connectivity index (χ4n) is 2.95. The van der Waals surface area contributed by atoms with Crippen molar-refractivity contribution in [3.8, 4) is 11.3 Å². The number of carbonyl (C=O) groups excluding carboxylic acids is 2. The van der Waals surface area contributed by atoms with E-state index in [0.29, 0.717) is 24.4 Å². The summed E-state index contributed by atoms with van der Waals surface area (Å²) in [7, 11) is 3.35. The highest BCUT2D eigenvalue weighted by Crippen LogP contribution is 2.22. The topological polar surface area (TPSA) is 88.5 Å². The number of likely N-dealkylation sites (N-methyl/N-ethyl adjacent to an activating group) is 1. The predicted molar refractivity (Wildman–Crippen MR) is 94.2 cm³/mol. The molecule has 1 saturated heterocycles. The predicted octanol–water partition coefficient (Wildman–Crippen LogP) is 0.858. The molecule has 0 spiro atoms. The lowest BCUT2D eigenvalue weighted by molar-refractivity contribution is -0.162. The van der Waals surface area contributed by atoms with Crippen molar-refractivity contribution in [3.63, 3.8) is 0 Å². The van der Waals surface area contributed by atoms with Gasteiger partial charge in [0.15, 0.2) is 5.60 Å². The van der Waals surface area contributed by atoms with Crippen LogP contribution in [-0.4, -0.2) is 76.0 Å². The molecule has 3 rings (SSSR count). The van der Waals surface area contributed by atoms with Gasteiger partial charge in [0.05, 0.1) is 24.4 Å². The molecular formula is C18H21N5O3. The molecule has 1 fully saturated rings. The van der Waals surface area contributed by atoms with Crippen LogP contribution >= 0.6 is 0 Å². The molecule has 8 nitrogen and oxygen atoms in total. The summed E-state index contributed by atoms with van der Waals surface area (Å²) >= 11 is 0. The van der Waals surface area contributed by atoms with Crippen LogP contribution in [0.25, 0.3) is 11.3 Å². The number of aromatic nitrogens is 3. The second-order valence-corrected chi connectivity index (χ2v) is 6.56. The molecule has 2 aromatic rings. The van der Waals surface area contributed by atoms with Gasteiger partial charge in [0.25, 0.3) is 11.8 Å². The zero-order valence-electron chi connectivity index (χ0n) is 15.0. The Morgan fingerprint density at radius 2 is 1.92 bits per heavy atom. The Kier molecular flexibility index (Phi) is 4.94. The van der Waals surface area contributed by atoms with E-state index in [1.165, 1.54) is 17.4 Å². The van der Waals surface area contributed by atoms with Crippen LogP contribution in [0.4, 0.5) is 0 Å². The molecule has 1 atom stereocenters. The van der Waals surface area contributed by atoms with Crippen molar-refractivity contribution in [1.29, 1.82) is 0 Å². The number of morpholine rings is 1. The Balaban J connectivity index is 1.76. The summed E-state index contributed by atoms with van der Waals surface area (Å²) in [6.45, 7) is 2.67. The number of hydrogen-bond donors (Lipinski definition) is 0. The number of ether oxygens (including phenoxy) is 1. The zero-order chi connectivity index (χ0) is 18.7. The monoisotopic (exact) mass is 355 g/mol. The van der Waals surface area contributed by atoms with Gasteiger partial charge in [-0.05, 0) is 19.1 Å². The summed E-state index contributed by atoms with van der Waals surface area (Å²) in [4.78, 5) is 40.5. The first-order valence-electron chi connectivity index (χ1n) is 8.27. The maximum atomic E-state index is 12.8. The van der Waals surface area contributed by atoms with Crippen LogP contribution in [0.1, 0.15) is 17.3 Å². The van der Waals surface area contributed by atoms with Crippen LogP contribution in [0.5, 0.6) is 0 Å². The van der Waals surface area contributed by atoms with Gasteiger partial charge in [-0.15, -0.1) is 0 Å². The molecule has 2 amide bonds. The van der Waals surface area contributed by atoms with Crippen molar-refractivity contribution < 1.29 is 14.3 Å². The molecule has 0 N–H and O–H groups in total. The summed E-state index contributed by atoms with van der Waals surface area (Å²) in [5.74, 6) is -0.331. The molecule has 8 heteroatoms. The van der Waals surface area contributed by atoms with Crippen LogP contribution in [-0.2, 0) is 9.53 Å². The Morgan fingerprint density at radius 3 is 2.54 bits per heavy atom. The van der Waals surface area contributed by atoms with Crippen molar-refractivity contribution >= 4 is 11.8 Å². The average Bonchev–Trinajstić information content (AvgIpc) is 2.67. The first kappa shape index (κ1) is 17.9. The maximum Gasteiger partial charge on any atom is 0.255 e. The van der Waals surface area contributed by atoms with E-state index in [-0.39, 0.29) is 18.4 Å². The lowest BCUT2D eigenvalue weighted by atomic mass is 10.0. The number of carbonyl (C=O) groups is 2. The summed E-state index contributed by atoms with van der Waals surface area (Å²) in [6.07, 6.45) is 6.31. The van der Waals surface area contributed by atoms with Gasteiger partial charge < -0.3 is 14.5 Å². The lowest BCUT2D eigenvalue weighted by Crippen LogP contribution is -2.59. The van der Waals surface area contributed by atoms with Crippen LogP contribution in [0.15, 0.2) is 37.1 Å². The third kappa shape index (κ3) is 3.55. The SMILES string of the molecule is CN(C)C(=O)C1(C)CN(C(=O)c2ccc(-c3cncnc3)nc2)CCO1. The lowest BCUT2D eigenvalue weighted by Gasteiger charge is -2.40. The van der Waals surface area contributed by atoms with Gasteiger partial charge in [-0.25, -0.2) is 9.97 Å². The Hall–Kier alpha value is -2.87. The smallest absolute Gasteiger partial charge is 0.255 e. The molecule has 0 saturated carbocycles. The van der Waals surface area contributed by atoms with E-state index < -0.39 is 5.60 Å². The first-order chi connectivity index (χ1) is 12.4. The molecule has 1 aliphatic rings. The molecule has 1 aliphatic heterocycles. The minimum Gasteiger partial charge on any atom is -0.362 e. The van der Waals surface area contributed by atoms with E-state index in [2.05, 4.69) is 15.0 Å². The van der Waals surface area contributed by atoms with E-state index in [9.17, 15) is 9.59 Å². The molecule has 0 radical (unpaired) electrons. The van der Waals surface area contributed by atoms with Gasteiger partial charge in [0.2, 0.25) is 0 Å². The molecule has 0 aliphatic carbocycles. The number of hydrogen-bond acceptors (Lipinski definition) is 6. The normalized spacial score (nSPS) is 19.9. The summed E-state index contributed by atoms with van der Waals surface area (Å²) in [6, 6.07) is 3.48. The van der Waals surface area contributed by atoms with E-state index in [0.717, 1.165) is 5.56 Å². The molecule has 0 bridgehead atoms. The van der Waals surface area contributed by atoms with Crippen molar-refractivity contribution in [2.45, 2.75) is 12.5 Å². The van der Waals surface area contributed by atoms with Gasteiger partial charge in [-0.2, -0.15) is 0 Å². The third-order valence-corrected chi connectivity index (χ3v) is 4.29. The molecule has 136 valence electrons. The van der Waals surface area contributed by atoms with Crippen molar-refractivity contribution in [1.82, 2.24) is 24.8 Å². The molecule has 1 unspecified atom stereocenters. The number of rotatable bonds is 3.